The molecule has 3 heterocycles. The Hall–Kier alpha value is -3.19. The van der Waals surface area contributed by atoms with Gasteiger partial charge >= 0.3 is 12.1 Å². The Morgan fingerprint density at radius 3 is 2.70 bits per heavy atom. The summed E-state index contributed by atoms with van der Waals surface area (Å²) in [5.74, 6) is -1.13. The lowest BCUT2D eigenvalue weighted by Crippen LogP contribution is -2.45. The van der Waals surface area contributed by atoms with Gasteiger partial charge in [0.25, 0.3) is 0 Å². The van der Waals surface area contributed by atoms with Crippen molar-refractivity contribution in [2.45, 2.75) is 24.9 Å². The molecule has 1 amide bonds. The number of anilines is 2. The minimum absolute atomic E-state index is 0.0550. The van der Waals surface area contributed by atoms with Crippen molar-refractivity contribution in [3.8, 4) is 6.07 Å². The van der Waals surface area contributed by atoms with Crippen molar-refractivity contribution in [2.24, 2.45) is 0 Å². The molecule has 10 heteroatoms. The first-order valence-corrected chi connectivity index (χ1v) is 10.0. The highest BCUT2D eigenvalue weighted by molar-refractivity contribution is 7.22. The molecule has 6 nitrogen and oxygen atoms in total. The van der Waals surface area contributed by atoms with Crippen molar-refractivity contribution in [3.63, 3.8) is 0 Å². The zero-order valence-corrected chi connectivity index (χ0v) is 16.4. The van der Waals surface area contributed by atoms with Gasteiger partial charge < -0.3 is 10.2 Å². The molecule has 30 heavy (non-hydrogen) atoms. The molecule has 2 aromatic heterocycles. The van der Waals surface area contributed by atoms with Crippen LogP contribution in [0.25, 0.3) is 10.2 Å². The molecule has 1 aromatic carbocycles. The largest absolute Gasteiger partial charge is 0.471 e. The highest BCUT2D eigenvalue weighted by Gasteiger charge is 2.43. The van der Waals surface area contributed by atoms with E-state index in [-0.39, 0.29) is 19.0 Å². The van der Waals surface area contributed by atoms with Crippen LogP contribution in [-0.4, -0.2) is 40.0 Å². The van der Waals surface area contributed by atoms with Crippen LogP contribution in [0.2, 0.25) is 0 Å². The second-order valence-corrected chi connectivity index (χ2v) is 8.01. The number of rotatable bonds is 3. The van der Waals surface area contributed by atoms with Gasteiger partial charge in [-0.25, -0.2) is 9.97 Å². The summed E-state index contributed by atoms with van der Waals surface area (Å²) in [6, 6.07) is 11.1. The molecule has 0 aliphatic carbocycles. The van der Waals surface area contributed by atoms with Crippen molar-refractivity contribution < 1.29 is 18.0 Å². The fraction of sp³-hybridized carbons (Fsp3) is 0.300. The number of pyridine rings is 1. The van der Waals surface area contributed by atoms with Gasteiger partial charge in [0.2, 0.25) is 0 Å². The minimum Gasteiger partial charge on any atom is -0.335 e. The standard InChI is InChI=1S/C20H16F3N5OS/c21-20(22,23)18(29)28-7-4-13(5-8-28)14-3-6-25-17(10-14)27-19-26-15-2-1-12(11-24)9-16(15)30-19/h1-3,6,9-10,13H,4-5,7-8H2,(H,25,26,27). The molecule has 0 radical (unpaired) electrons. The third-order valence-corrected chi connectivity index (χ3v) is 5.97. The zero-order chi connectivity index (χ0) is 21.3. The number of nitrogens with zero attached hydrogens (tertiary/aromatic N) is 4. The van der Waals surface area contributed by atoms with Gasteiger partial charge in [-0.15, -0.1) is 0 Å². The first-order chi connectivity index (χ1) is 14.3. The Morgan fingerprint density at radius 2 is 2.00 bits per heavy atom. The van der Waals surface area contributed by atoms with E-state index in [1.54, 1.807) is 24.4 Å². The van der Waals surface area contributed by atoms with Crippen LogP contribution in [0, 0.1) is 11.3 Å². The molecule has 1 N–H and O–H groups in total. The van der Waals surface area contributed by atoms with E-state index in [4.69, 9.17) is 5.26 Å². The lowest BCUT2D eigenvalue weighted by molar-refractivity contribution is -0.186. The highest BCUT2D eigenvalue weighted by Crippen LogP contribution is 2.32. The molecule has 0 spiro atoms. The van der Waals surface area contributed by atoms with Crippen LogP contribution in [-0.2, 0) is 4.79 Å². The summed E-state index contributed by atoms with van der Waals surface area (Å²) in [4.78, 5) is 21.0. The number of benzene rings is 1. The van der Waals surface area contributed by atoms with Gasteiger partial charge in [0.1, 0.15) is 5.82 Å². The van der Waals surface area contributed by atoms with E-state index in [2.05, 4.69) is 21.4 Å². The van der Waals surface area contributed by atoms with Gasteiger partial charge in [-0.1, -0.05) is 11.3 Å². The Kier molecular flexibility index (Phi) is 5.30. The number of hydrogen-bond acceptors (Lipinski definition) is 6. The number of fused-ring (bicyclic) bond motifs is 1. The molecule has 4 rings (SSSR count). The van der Waals surface area contributed by atoms with Crippen LogP contribution in [0.5, 0.6) is 0 Å². The SMILES string of the molecule is N#Cc1ccc2nc(Nc3cc(C4CCN(C(=O)C(F)(F)F)CC4)ccn3)sc2c1. The van der Waals surface area contributed by atoms with Gasteiger partial charge in [0.15, 0.2) is 5.13 Å². The van der Waals surface area contributed by atoms with E-state index in [0.29, 0.717) is 29.4 Å². The number of amides is 1. The van der Waals surface area contributed by atoms with E-state index in [9.17, 15) is 18.0 Å². The van der Waals surface area contributed by atoms with Crippen LogP contribution >= 0.6 is 11.3 Å². The van der Waals surface area contributed by atoms with Crippen molar-refractivity contribution in [1.82, 2.24) is 14.9 Å². The molecule has 1 saturated heterocycles. The maximum atomic E-state index is 12.6. The average molecular weight is 431 g/mol. The number of likely N-dealkylation sites (tertiary alicyclic amines) is 1. The Balaban J connectivity index is 1.45. The van der Waals surface area contributed by atoms with Crippen molar-refractivity contribution in [2.75, 3.05) is 18.4 Å². The first kappa shape index (κ1) is 20.1. The van der Waals surface area contributed by atoms with E-state index < -0.39 is 12.1 Å². The maximum Gasteiger partial charge on any atom is 0.471 e. The van der Waals surface area contributed by atoms with Crippen LogP contribution < -0.4 is 5.32 Å². The van der Waals surface area contributed by atoms with E-state index in [1.807, 2.05) is 12.1 Å². The molecular weight excluding hydrogens is 415 g/mol. The van der Waals surface area contributed by atoms with Crippen LogP contribution in [0.1, 0.15) is 29.9 Å². The molecule has 3 aromatic rings. The highest BCUT2D eigenvalue weighted by atomic mass is 32.1. The topological polar surface area (TPSA) is 81.9 Å². The lowest BCUT2D eigenvalue weighted by Gasteiger charge is -2.32. The van der Waals surface area contributed by atoms with Gasteiger partial charge in [-0.05, 0) is 54.7 Å². The third kappa shape index (κ3) is 4.21. The van der Waals surface area contributed by atoms with Gasteiger partial charge in [0.05, 0.1) is 21.8 Å². The summed E-state index contributed by atoms with van der Waals surface area (Å²) < 4.78 is 38.7. The summed E-state index contributed by atoms with van der Waals surface area (Å²) >= 11 is 1.40. The predicted molar refractivity (Wildman–Crippen MR) is 106 cm³/mol. The number of halogens is 3. The Labute approximate surface area is 174 Å². The number of nitrogens with one attached hydrogen (secondary N) is 1. The maximum absolute atomic E-state index is 12.6. The molecule has 0 atom stereocenters. The predicted octanol–water partition coefficient (Wildman–Crippen LogP) is 4.57. The van der Waals surface area contributed by atoms with Crippen LogP contribution in [0.4, 0.5) is 24.1 Å². The molecule has 1 aliphatic heterocycles. The summed E-state index contributed by atoms with van der Waals surface area (Å²) in [6.07, 6.45) is -2.26. The molecule has 1 fully saturated rings. The minimum atomic E-state index is -4.83. The van der Waals surface area contributed by atoms with Gasteiger partial charge in [-0.3, -0.25) is 4.79 Å². The van der Waals surface area contributed by atoms with Gasteiger partial charge in [0, 0.05) is 19.3 Å². The zero-order valence-electron chi connectivity index (χ0n) is 15.6. The fourth-order valence-electron chi connectivity index (χ4n) is 3.52. The van der Waals surface area contributed by atoms with Crippen LogP contribution in [0.3, 0.4) is 0 Å². The quantitative estimate of drug-likeness (QED) is 0.657. The molecular formula is C20H16F3N5OS. The van der Waals surface area contributed by atoms with E-state index in [1.165, 1.54) is 11.3 Å². The molecule has 1 aliphatic rings. The average Bonchev–Trinajstić information content (AvgIpc) is 3.14. The number of carbonyl (C=O) groups excluding carboxylic acids is 1. The summed E-state index contributed by atoms with van der Waals surface area (Å²) in [6.45, 7) is 0.153. The first-order valence-electron chi connectivity index (χ1n) is 9.23. The van der Waals surface area contributed by atoms with Crippen molar-refractivity contribution >= 4 is 38.4 Å². The summed E-state index contributed by atoms with van der Waals surface area (Å²) in [7, 11) is 0. The van der Waals surface area contributed by atoms with Crippen molar-refractivity contribution in [1.29, 1.82) is 5.26 Å². The smallest absolute Gasteiger partial charge is 0.335 e. The van der Waals surface area contributed by atoms with E-state index >= 15 is 0 Å². The number of alkyl halides is 3. The molecule has 0 saturated carbocycles. The number of carbonyl (C=O) groups is 1. The van der Waals surface area contributed by atoms with Crippen LogP contribution in [0.15, 0.2) is 36.5 Å². The van der Waals surface area contributed by atoms with Crippen molar-refractivity contribution in [3.05, 3.63) is 47.7 Å². The summed E-state index contributed by atoms with van der Waals surface area (Å²) in [5.41, 5.74) is 2.30. The number of thiazole rings is 1. The Bertz CT molecular complexity index is 1130. The second-order valence-electron chi connectivity index (χ2n) is 6.98. The summed E-state index contributed by atoms with van der Waals surface area (Å²) in [5, 5.41) is 12.8. The number of piperidine rings is 1. The van der Waals surface area contributed by atoms with E-state index in [0.717, 1.165) is 20.7 Å². The molecule has 0 unspecified atom stereocenters. The lowest BCUT2D eigenvalue weighted by atomic mass is 9.90. The number of aromatic nitrogens is 2. The number of nitriles is 1. The van der Waals surface area contributed by atoms with Gasteiger partial charge in [-0.2, -0.15) is 18.4 Å². The normalized spacial score (nSPS) is 15.2. The molecule has 0 bridgehead atoms. The number of hydrogen-bond donors (Lipinski definition) is 1. The third-order valence-electron chi connectivity index (χ3n) is 5.03. The second kappa shape index (κ2) is 7.91. The molecule has 154 valence electrons. The Morgan fingerprint density at radius 1 is 1.23 bits per heavy atom. The monoisotopic (exact) mass is 431 g/mol. The fourth-order valence-corrected chi connectivity index (χ4v) is 4.43.